The molecule has 1 aliphatic heterocycles. The third-order valence-corrected chi connectivity index (χ3v) is 4.43. The maximum absolute atomic E-state index is 5.70. The Labute approximate surface area is 122 Å². The van der Waals surface area contributed by atoms with Crippen molar-refractivity contribution in [1.29, 1.82) is 0 Å². The van der Waals surface area contributed by atoms with Gasteiger partial charge in [0, 0.05) is 37.7 Å². The van der Waals surface area contributed by atoms with E-state index in [2.05, 4.69) is 47.6 Å². The molecule has 0 radical (unpaired) electrons. The number of hydrogen-bond acceptors (Lipinski definition) is 3. The Hall–Kier alpha value is -0.900. The molecule has 1 heterocycles. The van der Waals surface area contributed by atoms with Crippen molar-refractivity contribution in [3.63, 3.8) is 0 Å². The maximum atomic E-state index is 5.70. The Morgan fingerprint density at radius 2 is 2.10 bits per heavy atom. The molecule has 2 fully saturated rings. The van der Waals surface area contributed by atoms with Crippen LogP contribution in [0.15, 0.2) is 30.3 Å². The largest absolute Gasteiger partial charge is 0.381 e. The summed E-state index contributed by atoms with van der Waals surface area (Å²) < 4.78 is 5.70. The average Bonchev–Trinajstić information content (AvgIpc) is 3.18. The molecule has 1 aliphatic carbocycles. The van der Waals surface area contributed by atoms with Crippen molar-refractivity contribution in [1.82, 2.24) is 10.2 Å². The van der Waals surface area contributed by atoms with Gasteiger partial charge in [-0.15, -0.1) is 0 Å². The summed E-state index contributed by atoms with van der Waals surface area (Å²) in [5.74, 6) is 0. The van der Waals surface area contributed by atoms with Gasteiger partial charge < -0.3 is 15.0 Å². The van der Waals surface area contributed by atoms with Crippen molar-refractivity contribution >= 4 is 0 Å². The summed E-state index contributed by atoms with van der Waals surface area (Å²) in [6, 6.07) is 11.5. The van der Waals surface area contributed by atoms with Gasteiger partial charge in [0.2, 0.25) is 0 Å². The van der Waals surface area contributed by atoms with E-state index >= 15 is 0 Å². The van der Waals surface area contributed by atoms with E-state index in [1.165, 1.54) is 24.8 Å². The number of ether oxygens (including phenoxy) is 1. The van der Waals surface area contributed by atoms with E-state index in [1.807, 2.05) is 0 Å². The zero-order chi connectivity index (χ0) is 13.8. The van der Waals surface area contributed by atoms with Gasteiger partial charge in [-0.2, -0.15) is 0 Å². The van der Waals surface area contributed by atoms with Crippen LogP contribution in [0.1, 0.15) is 24.8 Å². The van der Waals surface area contributed by atoms with Crippen molar-refractivity contribution in [3.05, 3.63) is 35.9 Å². The fourth-order valence-corrected chi connectivity index (χ4v) is 3.14. The van der Waals surface area contributed by atoms with Crippen LogP contribution in [-0.4, -0.2) is 44.3 Å². The molecule has 0 aromatic heterocycles. The molecule has 20 heavy (non-hydrogen) atoms. The molecule has 1 aromatic rings. The van der Waals surface area contributed by atoms with Gasteiger partial charge in [0.1, 0.15) is 0 Å². The standard InChI is InChI=1S/C17H26N2O/c1-19(11-15-5-3-2-4-6-15)13-17(9-10-20-14-17)12-18-16-7-8-16/h2-6,16,18H,7-14H2,1H3. The van der Waals surface area contributed by atoms with Crippen molar-refractivity contribution in [2.75, 3.05) is 33.4 Å². The van der Waals surface area contributed by atoms with Gasteiger partial charge in [-0.1, -0.05) is 30.3 Å². The molecule has 0 bridgehead atoms. The van der Waals surface area contributed by atoms with Crippen LogP contribution >= 0.6 is 0 Å². The lowest BCUT2D eigenvalue weighted by Crippen LogP contribution is -2.44. The molecule has 2 aliphatic rings. The zero-order valence-corrected chi connectivity index (χ0v) is 12.5. The minimum atomic E-state index is 0.312. The van der Waals surface area contributed by atoms with Crippen LogP contribution in [0.4, 0.5) is 0 Å². The third kappa shape index (κ3) is 3.81. The predicted molar refractivity (Wildman–Crippen MR) is 81.7 cm³/mol. The van der Waals surface area contributed by atoms with Crippen LogP contribution < -0.4 is 5.32 Å². The first-order valence-corrected chi connectivity index (χ1v) is 7.79. The summed E-state index contributed by atoms with van der Waals surface area (Å²) in [5.41, 5.74) is 1.70. The van der Waals surface area contributed by atoms with E-state index < -0.39 is 0 Å². The van der Waals surface area contributed by atoms with Crippen LogP contribution in [-0.2, 0) is 11.3 Å². The topological polar surface area (TPSA) is 24.5 Å². The molecule has 1 saturated heterocycles. The minimum Gasteiger partial charge on any atom is -0.381 e. The fraction of sp³-hybridized carbons (Fsp3) is 0.647. The molecule has 0 amide bonds. The minimum absolute atomic E-state index is 0.312. The van der Waals surface area contributed by atoms with E-state index in [0.29, 0.717) is 5.41 Å². The maximum Gasteiger partial charge on any atom is 0.0547 e. The summed E-state index contributed by atoms with van der Waals surface area (Å²) in [6.45, 7) is 5.07. The van der Waals surface area contributed by atoms with E-state index in [0.717, 1.165) is 38.9 Å². The normalized spacial score (nSPS) is 26.3. The van der Waals surface area contributed by atoms with Crippen molar-refractivity contribution < 1.29 is 4.74 Å². The second kappa shape index (κ2) is 6.25. The number of rotatable bonds is 7. The molecular weight excluding hydrogens is 248 g/mol. The van der Waals surface area contributed by atoms with Gasteiger partial charge in [0.25, 0.3) is 0 Å². The Morgan fingerprint density at radius 1 is 1.30 bits per heavy atom. The van der Waals surface area contributed by atoms with Gasteiger partial charge in [-0.3, -0.25) is 0 Å². The van der Waals surface area contributed by atoms with Crippen LogP contribution in [0.25, 0.3) is 0 Å². The predicted octanol–water partition coefficient (Wildman–Crippen LogP) is 2.28. The lowest BCUT2D eigenvalue weighted by molar-refractivity contribution is 0.116. The molecular formula is C17H26N2O. The zero-order valence-electron chi connectivity index (χ0n) is 12.5. The summed E-state index contributed by atoms with van der Waals surface area (Å²) in [6.07, 6.45) is 3.90. The van der Waals surface area contributed by atoms with Crippen molar-refractivity contribution in [2.45, 2.75) is 31.8 Å². The van der Waals surface area contributed by atoms with Crippen molar-refractivity contribution in [2.24, 2.45) is 5.41 Å². The Kier molecular flexibility index (Phi) is 4.39. The quantitative estimate of drug-likeness (QED) is 0.825. The summed E-state index contributed by atoms with van der Waals surface area (Å²) >= 11 is 0. The summed E-state index contributed by atoms with van der Waals surface area (Å²) in [7, 11) is 2.23. The molecule has 1 unspecified atom stereocenters. The van der Waals surface area contributed by atoms with Gasteiger partial charge in [0.15, 0.2) is 0 Å². The Bertz CT molecular complexity index is 410. The van der Waals surface area contributed by atoms with Gasteiger partial charge >= 0.3 is 0 Å². The highest BCUT2D eigenvalue weighted by atomic mass is 16.5. The lowest BCUT2D eigenvalue weighted by Gasteiger charge is -2.32. The average molecular weight is 274 g/mol. The highest BCUT2D eigenvalue weighted by Crippen LogP contribution is 2.31. The highest BCUT2D eigenvalue weighted by molar-refractivity contribution is 5.14. The van der Waals surface area contributed by atoms with Crippen LogP contribution in [0.3, 0.4) is 0 Å². The van der Waals surface area contributed by atoms with E-state index in [4.69, 9.17) is 4.74 Å². The van der Waals surface area contributed by atoms with Gasteiger partial charge in [-0.05, 0) is 31.9 Å². The van der Waals surface area contributed by atoms with Crippen LogP contribution in [0.5, 0.6) is 0 Å². The first kappa shape index (κ1) is 14.1. The lowest BCUT2D eigenvalue weighted by atomic mass is 9.86. The molecule has 1 atom stereocenters. The highest BCUT2D eigenvalue weighted by Gasteiger charge is 2.37. The van der Waals surface area contributed by atoms with E-state index in [1.54, 1.807) is 0 Å². The number of hydrogen-bond donors (Lipinski definition) is 1. The van der Waals surface area contributed by atoms with Crippen molar-refractivity contribution in [3.8, 4) is 0 Å². The molecule has 3 heteroatoms. The molecule has 3 nitrogen and oxygen atoms in total. The monoisotopic (exact) mass is 274 g/mol. The second-order valence-electron chi connectivity index (χ2n) is 6.62. The molecule has 1 saturated carbocycles. The SMILES string of the molecule is CN(Cc1ccccc1)CC1(CNC2CC2)CCOC1. The summed E-state index contributed by atoms with van der Waals surface area (Å²) in [4.78, 5) is 2.44. The number of nitrogens with zero attached hydrogens (tertiary/aromatic N) is 1. The van der Waals surface area contributed by atoms with Gasteiger partial charge in [0.05, 0.1) is 6.61 Å². The molecule has 3 rings (SSSR count). The number of benzene rings is 1. The molecule has 110 valence electrons. The van der Waals surface area contributed by atoms with E-state index in [-0.39, 0.29) is 0 Å². The number of nitrogens with one attached hydrogen (secondary N) is 1. The molecule has 0 spiro atoms. The Balaban J connectivity index is 1.54. The van der Waals surface area contributed by atoms with Crippen LogP contribution in [0, 0.1) is 5.41 Å². The molecule has 1 N–H and O–H groups in total. The second-order valence-corrected chi connectivity index (χ2v) is 6.62. The summed E-state index contributed by atoms with van der Waals surface area (Å²) in [5, 5.41) is 3.70. The van der Waals surface area contributed by atoms with E-state index in [9.17, 15) is 0 Å². The first-order valence-electron chi connectivity index (χ1n) is 7.79. The van der Waals surface area contributed by atoms with Crippen LogP contribution in [0.2, 0.25) is 0 Å². The first-order chi connectivity index (χ1) is 9.76. The Morgan fingerprint density at radius 3 is 2.75 bits per heavy atom. The van der Waals surface area contributed by atoms with Gasteiger partial charge in [-0.25, -0.2) is 0 Å². The smallest absolute Gasteiger partial charge is 0.0547 e. The third-order valence-electron chi connectivity index (χ3n) is 4.43. The molecule has 1 aromatic carbocycles. The fourth-order valence-electron chi connectivity index (χ4n) is 3.14.